The molecule has 0 saturated heterocycles. The van der Waals surface area contributed by atoms with E-state index in [1.807, 2.05) is 19.1 Å². The fraction of sp³-hybridized carbons (Fsp3) is 0.0833. The van der Waals surface area contributed by atoms with E-state index in [-0.39, 0.29) is 11.3 Å². The number of aryl methyl sites for hydroxylation is 1. The van der Waals surface area contributed by atoms with Gasteiger partial charge in [-0.05, 0) is 66.6 Å². The van der Waals surface area contributed by atoms with E-state index in [1.54, 1.807) is 30.3 Å². The number of amides is 2. The minimum absolute atomic E-state index is 0.0791. The molecule has 0 aliphatic carbocycles. The van der Waals surface area contributed by atoms with Crippen molar-refractivity contribution in [2.75, 3.05) is 17.3 Å². The molecule has 4 rings (SSSR count). The minimum Gasteiger partial charge on any atom is -0.495 e. The van der Waals surface area contributed by atoms with Crippen LogP contribution in [0.25, 0.3) is 5.57 Å². The molecule has 5 nitrogen and oxygen atoms in total. The molecule has 0 fully saturated rings. The first kappa shape index (κ1) is 20.6. The normalized spacial score (nSPS) is 13.7. The third-order valence-corrected chi connectivity index (χ3v) is 5.17. The largest absolute Gasteiger partial charge is 0.495 e. The van der Waals surface area contributed by atoms with Crippen LogP contribution in [0.1, 0.15) is 11.1 Å². The molecule has 3 aromatic carbocycles. The van der Waals surface area contributed by atoms with Gasteiger partial charge in [-0.2, -0.15) is 0 Å². The van der Waals surface area contributed by atoms with Crippen LogP contribution in [0.5, 0.6) is 5.75 Å². The summed E-state index contributed by atoms with van der Waals surface area (Å²) >= 11 is 5.95. The number of carbonyl (C=O) groups excluding carboxylic acids is 2. The standard InChI is InChI=1S/C24H18ClFN2O3/c1-14-3-12-20(31-2)19(13-14)27-22-21(15-4-8-17(26)9-5-15)23(29)28(24(22)30)18-10-6-16(25)7-11-18/h3-13,27H,1-2H3. The van der Waals surface area contributed by atoms with E-state index >= 15 is 0 Å². The van der Waals surface area contributed by atoms with Crippen LogP contribution in [0, 0.1) is 12.7 Å². The molecule has 2 amide bonds. The van der Waals surface area contributed by atoms with E-state index in [0.717, 1.165) is 10.5 Å². The fourth-order valence-electron chi connectivity index (χ4n) is 3.41. The zero-order chi connectivity index (χ0) is 22.1. The molecule has 0 radical (unpaired) electrons. The Hall–Kier alpha value is -3.64. The molecule has 0 bridgehead atoms. The molecule has 0 atom stereocenters. The number of hydrogen-bond acceptors (Lipinski definition) is 4. The summed E-state index contributed by atoms with van der Waals surface area (Å²) in [7, 11) is 1.52. The van der Waals surface area contributed by atoms with Crippen molar-refractivity contribution < 1.29 is 18.7 Å². The maximum Gasteiger partial charge on any atom is 0.282 e. The highest BCUT2D eigenvalue weighted by molar-refractivity contribution is 6.46. The number of ether oxygens (including phenoxy) is 1. The Kier molecular flexibility index (Phi) is 5.48. The van der Waals surface area contributed by atoms with Crippen LogP contribution in [0.15, 0.2) is 72.4 Å². The van der Waals surface area contributed by atoms with E-state index in [1.165, 1.54) is 31.4 Å². The summed E-state index contributed by atoms with van der Waals surface area (Å²) in [5, 5.41) is 3.56. The predicted molar refractivity (Wildman–Crippen MR) is 119 cm³/mol. The average Bonchev–Trinajstić information content (AvgIpc) is 2.99. The molecule has 0 aromatic heterocycles. The topological polar surface area (TPSA) is 58.6 Å². The summed E-state index contributed by atoms with van der Waals surface area (Å²) < 4.78 is 18.9. The van der Waals surface area contributed by atoms with Crippen molar-refractivity contribution in [3.63, 3.8) is 0 Å². The maximum atomic E-state index is 13.5. The Balaban J connectivity index is 1.85. The van der Waals surface area contributed by atoms with E-state index in [4.69, 9.17) is 16.3 Å². The second kappa shape index (κ2) is 8.24. The number of nitrogens with one attached hydrogen (secondary N) is 1. The molecule has 7 heteroatoms. The van der Waals surface area contributed by atoms with E-state index in [9.17, 15) is 14.0 Å². The van der Waals surface area contributed by atoms with E-state index < -0.39 is 17.6 Å². The van der Waals surface area contributed by atoms with Gasteiger partial charge < -0.3 is 10.1 Å². The number of carbonyl (C=O) groups is 2. The zero-order valence-corrected chi connectivity index (χ0v) is 17.5. The monoisotopic (exact) mass is 436 g/mol. The van der Waals surface area contributed by atoms with E-state index in [2.05, 4.69) is 5.32 Å². The molecule has 0 unspecified atom stereocenters. The van der Waals surface area contributed by atoms with Crippen molar-refractivity contribution in [2.45, 2.75) is 6.92 Å². The molecule has 3 aromatic rings. The van der Waals surface area contributed by atoms with Crippen LogP contribution in [0.2, 0.25) is 5.02 Å². The SMILES string of the molecule is COc1ccc(C)cc1NC1=C(c2ccc(F)cc2)C(=O)N(c2ccc(Cl)cc2)C1=O. The summed E-state index contributed by atoms with van der Waals surface area (Å²) in [5.74, 6) is -0.976. The van der Waals surface area contributed by atoms with Gasteiger partial charge in [0.15, 0.2) is 0 Å². The van der Waals surface area contributed by atoms with Gasteiger partial charge in [0.1, 0.15) is 17.3 Å². The van der Waals surface area contributed by atoms with Gasteiger partial charge in [-0.3, -0.25) is 9.59 Å². The minimum atomic E-state index is -0.532. The predicted octanol–water partition coefficient (Wildman–Crippen LogP) is 5.19. The van der Waals surface area contributed by atoms with Crippen molar-refractivity contribution in [1.29, 1.82) is 0 Å². The van der Waals surface area contributed by atoms with Gasteiger partial charge in [0.05, 0.1) is 24.1 Å². The summed E-state index contributed by atoms with van der Waals surface area (Å²) in [5.41, 5.74) is 2.51. The molecular weight excluding hydrogens is 419 g/mol. The van der Waals surface area contributed by atoms with Gasteiger partial charge in [-0.15, -0.1) is 0 Å². The lowest BCUT2D eigenvalue weighted by atomic mass is 10.0. The second-order valence-electron chi connectivity index (χ2n) is 7.01. The highest BCUT2D eigenvalue weighted by Gasteiger charge is 2.40. The van der Waals surface area contributed by atoms with Crippen molar-refractivity contribution in [3.8, 4) is 5.75 Å². The molecule has 1 aliphatic heterocycles. The number of anilines is 2. The third kappa shape index (κ3) is 3.90. The van der Waals surface area contributed by atoms with Gasteiger partial charge in [0.25, 0.3) is 11.8 Å². The van der Waals surface area contributed by atoms with Crippen LogP contribution in [-0.4, -0.2) is 18.9 Å². The number of halogens is 2. The first-order valence-electron chi connectivity index (χ1n) is 9.45. The first-order chi connectivity index (χ1) is 14.9. The van der Waals surface area contributed by atoms with Crippen molar-refractivity contribution in [2.24, 2.45) is 0 Å². The Morgan fingerprint density at radius 1 is 0.935 bits per heavy atom. The number of imide groups is 1. The van der Waals surface area contributed by atoms with Crippen LogP contribution in [0.3, 0.4) is 0 Å². The Bertz CT molecular complexity index is 1200. The van der Waals surface area contributed by atoms with Crippen LogP contribution in [0.4, 0.5) is 15.8 Å². The van der Waals surface area contributed by atoms with Crippen LogP contribution in [-0.2, 0) is 9.59 Å². The zero-order valence-electron chi connectivity index (χ0n) is 16.8. The summed E-state index contributed by atoms with van der Waals surface area (Å²) in [6.45, 7) is 1.90. The Labute approximate surface area is 183 Å². The average molecular weight is 437 g/mol. The highest BCUT2D eigenvalue weighted by atomic mass is 35.5. The summed E-state index contributed by atoms with van der Waals surface area (Å²) in [4.78, 5) is 27.8. The molecule has 1 aliphatic rings. The lowest BCUT2D eigenvalue weighted by molar-refractivity contribution is -0.120. The first-order valence-corrected chi connectivity index (χ1v) is 9.83. The maximum absolute atomic E-state index is 13.5. The fourth-order valence-corrected chi connectivity index (χ4v) is 3.53. The number of methoxy groups -OCH3 is 1. The smallest absolute Gasteiger partial charge is 0.282 e. The number of rotatable bonds is 5. The summed E-state index contributed by atoms with van der Waals surface area (Å²) in [6, 6.07) is 17.3. The quantitative estimate of drug-likeness (QED) is 0.559. The molecule has 156 valence electrons. The van der Waals surface area contributed by atoms with Gasteiger partial charge in [0, 0.05) is 5.02 Å². The Morgan fingerprint density at radius 2 is 1.61 bits per heavy atom. The molecule has 31 heavy (non-hydrogen) atoms. The number of benzene rings is 3. The lowest BCUT2D eigenvalue weighted by Crippen LogP contribution is -2.32. The highest BCUT2D eigenvalue weighted by Crippen LogP contribution is 2.36. The lowest BCUT2D eigenvalue weighted by Gasteiger charge is -2.16. The van der Waals surface area contributed by atoms with Crippen LogP contribution >= 0.6 is 11.6 Å². The Morgan fingerprint density at radius 3 is 2.26 bits per heavy atom. The van der Waals surface area contributed by atoms with E-state index in [0.29, 0.717) is 27.7 Å². The third-order valence-electron chi connectivity index (χ3n) is 4.92. The molecule has 0 spiro atoms. The van der Waals surface area contributed by atoms with Crippen molar-refractivity contribution in [1.82, 2.24) is 0 Å². The summed E-state index contributed by atoms with van der Waals surface area (Å²) in [6.07, 6.45) is 0. The van der Waals surface area contributed by atoms with Gasteiger partial charge in [0.2, 0.25) is 0 Å². The number of hydrogen-bond donors (Lipinski definition) is 1. The van der Waals surface area contributed by atoms with Crippen LogP contribution < -0.4 is 15.0 Å². The molecule has 0 saturated carbocycles. The van der Waals surface area contributed by atoms with Crippen molar-refractivity contribution in [3.05, 3.63) is 94.4 Å². The van der Waals surface area contributed by atoms with Gasteiger partial charge in [-0.25, -0.2) is 9.29 Å². The molecule has 1 heterocycles. The molecule has 1 N–H and O–H groups in total. The van der Waals surface area contributed by atoms with Gasteiger partial charge in [-0.1, -0.05) is 29.8 Å². The molecular formula is C24H18ClFN2O3. The number of nitrogens with zero attached hydrogens (tertiary/aromatic N) is 1. The van der Waals surface area contributed by atoms with Crippen molar-refractivity contribution >= 4 is 40.4 Å². The second-order valence-corrected chi connectivity index (χ2v) is 7.44. The van der Waals surface area contributed by atoms with Gasteiger partial charge >= 0.3 is 0 Å².